The number of aliphatic hydroxyl groups is 2. The predicted octanol–water partition coefficient (Wildman–Crippen LogP) is -1.68. The molecule has 3 fully saturated rings. The lowest BCUT2D eigenvalue weighted by atomic mass is 10.1. The Morgan fingerprint density at radius 2 is 1.58 bits per heavy atom. The van der Waals surface area contributed by atoms with Crippen LogP contribution in [0.5, 0.6) is 0 Å². The maximum absolute atomic E-state index is 13.1. The van der Waals surface area contributed by atoms with Gasteiger partial charge in [0.1, 0.15) is 42.4 Å². The van der Waals surface area contributed by atoms with E-state index in [-0.39, 0.29) is 40.5 Å². The van der Waals surface area contributed by atoms with Crippen molar-refractivity contribution in [3.63, 3.8) is 0 Å². The quantitative estimate of drug-likeness (QED) is 0.117. The van der Waals surface area contributed by atoms with Gasteiger partial charge in [-0.15, -0.1) is 0 Å². The highest BCUT2D eigenvalue weighted by Gasteiger charge is 2.53. The number of hydrogen-bond acceptors (Lipinski definition) is 17. The van der Waals surface area contributed by atoms with E-state index < -0.39 is 83.1 Å². The molecule has 45 heavy (non-hydrogen) atoms. The molecule has 0 aromatic carbocycles. The number of ether oxygens (including phenoxy) is 1. The van der Waals surface area contributed by atoms with E-state index in [2.05, 4.69) is 29.9 Å². The Labute approximate surface area is 250 Å². The molecule has 4 aromatic rings. The number of aromatic amines is 1. The zero-order chi connectivity index (χ0) is 31.8. The van der Waals surface area contributed by atoms with Crippen LogP contribution in [0.25, 0.3) is 22.3 Å². The molecule has 10 atom stereocenters. The molecule has 7 rings (SSSR count). The summed E-state index contributed by atoms with van der Waals surface area (Å²) in [6, 6.07) is -0.850. The van der Waals surface area contributed by atoms with E-state index in [1.54, 1.807) is 0 Å². The molecule has 1 saturated carbocycles. The molecular formula is C21H26N10O12P2. The van der Waals surface area contributed by atoms with E-state index in [9.17, 15) is 33.9 Å². The fourth-order valence-corrected chi connectivity index (χ4v) is 7.86. The summed E-state index contributed by atoms with van der Waals surface area (Å²) in [5.41, 5.74) is 11.1. The Kier molecular flexibility index (Phi) is 7.30. The van der Waals surface area contributed by atoms with Crippen molar-refractivity contribution in [3.8, 4) is 0 Å². The lowest BCUT2D eigenvalue weighted by Gasteiger charge is -2.28. The van der Waals surface area contributed by atoms with Crippen molar-refractivity contribution in [3.05, 3.63) is 29.3 Å². The number of nitrogen functional groups attached to an aromatic ring is 2. The number of nitrogens with two attached hydrogens (primary N) is 2. The number of fused-ring (bicyclic) bond motifs is 4. The van der Waals surface area contributed by atoms with Gasteiger partial charge < -0.3 is 40.8 Å². The monoisotopic (exact) mass is 672 g/mol. The van der Waals surface area contributed by atoms with Gasteiger partial charge in [-0.3, -0.25) is 32.4 Å². The first kappa shape index (κ1) is 30.3. The summed E-state index contributed by atoms with van der Waals surface area (Å²) in [5, 5.41) is 22.4. The number of phosphoric ester groups is 2. The molecule has 10 unspecified atom stereocenters. The number of phosphoric acid groups is 2. The highest BCUT2D eigenvalue weighted by Crippen LogP contribution is 2.55. The van der Waals surface area contributed by atoms with Crippen LogP contribution in [-0.4, -0.2) is 103 Å². The molecule has 0 amide bonds. The Bertz CT molecular complexity index is 1940. The third kappa shape index (κ3) is 5.32. The summed E-state index contributed by atoms with van der Waals surface area (Å²) in [6.45, 7) is -1.39. The average Bonchev–Trinajstić information content (AvgIpc) is 3.72. The van der Waals surface area contributed by atoms with Crippen LogP contribution in [0.3, 0.4) is 0 Å². The van der Waals surface area contributed by atoms with Gasteiger partial charge in [-0.25, -0.2) is 29.1 Å². The fourth-order valence-electron chi connectivity index (χ4n) is 5.85. The Morgan fingerprint density at radius 1 is 0.889 bits per heavy atom. The van der Waals surface area contributed by atoms with Crippen LogP contribution in [0.15, 0.2) is 23.8 Å². The number of nitrogens with zero attached hydrogens (tertiary/aromatic N) is 7. The van der Waals surface area contributed by atoms with E-state index in [1.807, 2.05) is 0 Å². The molecule has 4 aromatic heterocycles. The van der Waals surface area contributed by atoms with Gasteiger partial charge >= 0.3 is 15.6 Å². The van der Waals surface area contributed by atoms with Crippen LogP contribution in [0.1, 0.15) is 18.7 Å². The molecule has 242 valence electrons. The minimum Gasteiger partial charge on any atom is -0.388 e. The minimum atomic E-state index is -4.98. The molecule has 6 heterocycles. The van der Waals surface area contributed by atoms with Gasteiger partial charge in [0.05, 0.1) is 31.9 Å². The van der Waals surface area contributed by atoms with Crippen LogP contribution in [0.4, 0.5) is 11.8 Å². The van der Waals surface area contributed by atoms with Crippen LogP contribution >= 0.6 is 15.6 Å². The second-order valence-corrected chi connectivity index (χ2v) is 13.4. The van der Waals surface area contributed by atoms with E-state index in [0.29, 0.717) is 0 Å². The summed E-state index contributed by atoms with van der Waals surface area (Å²) < 4.78 is 55.8. The van der Waals surface area contributed by atoms with Gasteiger partial charge in [0.15, 0.2) is 28.9 Å². The van der Waals surface area contributed by atoms with Crippen molar-refractivity contribution >= 4 is 49.7 Å². The zero-order valence-corrected chi connectivity index (χ0v) is 24.5. The number of rotatable bonds is 2. The summed E-state index contributed by atoms with van der Waals surface area (Å²) in [4.78, 5) is 56.0. The molecule has 0 radical (unpaired) electrons. The third-order valence-corrected chi connectivity index (χ3v) is 9.85. The van der Waals surface area contributed by atoms with Crippen LogP contribution in [0, 0.1) is 5.92 Å². The molecule has 1 aliphatic carbocycles. The lowest BCUT2D eigenvalue weighted by molar-refractivity contribution is -0.0606. The second kappa shape index (κ2) is 10.9. The first-order valence-electron chi connectivity index (χ1n) is 13.3. The Balaban J connectivity index is 1.17. The molecule has 2 saturated heterocycles. The molecule has 3 aliphatic rings. The van der Waals surface area contributed by atoms with Gasteiger partial charge in [-0.05, 0) is 6.42 Å². The van der Waals surface area contributed by atoms with Gasteiger partial charge in [0, 0.05) is 5.92 Å². The standard InChI is InChI=1S/C21H26N10O12P2/c22-16-10-17(25-4-24-16)30(5-26-10)8-1-7-2-39-44(35,36)43-15-9(3-40-45(37,38)42-14(7)12(8)32)41-20(13(15)33)31-6-27-11-18(31)28-21(23)29-19(11)34/h4-9,12-15,20,32-33H,1-3H2,(H,35,36)(H,37,38)(H2,22,24,25)(H3,23,28,29,34). The minimum absolute atomic E-state index is 0.00400. The average molecular weight is 672 g/mol. The third-order valence-electron chi connectivity index (χ3n) is 7.88. The molecule has 0 spiro atoms. The number of nitrogens with one attached hydrogen (secondary N) is 1. The van der Waals surface area contributed by atoms with Gasteiger partial charge in [-0.1, -0.05) is 0 Å². The van der Waals surface area contributed by atoms with Gasteiger partial charge in [0.25, 0.3) is 5.56 Å². The highest BCUT2D eigenvalue weighted by atomic mass is 31.2. The predicted molar refractivity (Wildman–Crippen MR) is 147 cm³/mol. The first-order chi connectivity index (χ1) is 21.3. The topological polar surface area (TPSA) is 320 Å². The Morgan fingerprint density at radius 3 is 2.36 bits per heavy atom. The number of anilines is 2. The summed E-state index contributed by atoms with van der Waals surface area (Å²) >= 11 is 0. The van der Waals surface area contributed by atoms with E-state index in [4.69, 9.17) is 34.3 Å². The Hall–Kier alpha value is -3.40. The molecule has 22 nitrogen and oxygen atoms in total. The van der Waals surface area contributed by atoms with Crippen molar-refractivity contribution in [1.29, 1.82) is 0 Å². The van der Waals surface area contributed by atoms with Gasteiger partial charge in [-0.2, -0.15) is 4.98 Å². The maximum Gasteiger partial charge on any atom is 0.472 e. The van der Waals surface area contributed by atoms with E-state index in [1.165, 1.54) is 17.2 Å². The first-order valence-corrected chi connectivity index (χ1v) is 16.3. The number of imidazole rings is 2. The fraction of sp³-hybridized carbons (Fsp3) is 0.524. The van der Waals surface area contributed by atoms with Crippen molar-refractivity contribution < 1.29 is 52.0 Å². The van der Waals surface area contributed by atoms with Crippen LogP contribution in [-0.2, 0) is 32.0 Å². The molecular weight excluding hydrogens is 646 g/mol. The summed E-state index contributed by atoms with van der Waals surface area (Å²) in [5.74, 6) is -1.11. The number of hydrogen-bond donors (Lipinski definition) is 7. The van der Waals surface area contributed by atoms with Crippen LogP contribution < -0.4 is 17.0 Å². The number of aliphatic hydroxyl groups excluding tert-OH is 2. The molecule has 2 aliphatic heterocycles. The number of H-pyrrole nitrogens is 1. The van der Waals surface area contributed by atoms with E-state index >= 15 is 0 Å². The van der Waals surface area contributed by atoms with E-state index in [0.717, 1.165) is 10.9 Å². The van der Waals surface area contributed by atoms with Crippen LogP contribution in [0.2, 0.25) is 0 Å². The molecule has 0 bridgehead atoms. The zero-order valence-electron chi connectivity index (χ0n) is 22.7. The van der Waals surface area contributed by atoms with Gasteiger partial charge in [0.2, 0.25) is 5.95 Å². The normalized spacial score (nSPS) is 37.7. The SMILES string of the molecule is Nc1nc2c(ncn2C2OC3COP(=O)(O)OC4C(COP(=O)(O)OC3C2O)CC(n2cnc3c(N)ncnc32)C4O)c(=O)[nH]1. The largest absolute Gasteiger partial charge is 0.472 e. The van der Waals surface area contributed by atoms with Crippen molar-refractivity contribution in [2.45, 2.75) is 49.2 Å². The highest BCUT2D eigenvalue weighted by molar-refractivity contribution is 7.47. The summed E-state index contributed by atoms with van der Waals surface area (Å²) in [6.07, 6.45) is -5.53. The number of aromatic nitrogens is 8. The van der Waals surface area contributed by atoms with Crippen molar-refractivity contribution in [1.82, 2.24) is 39.0 Å². The van der Waals surface area contributed by atoms with Crippen molar-refractivity contribution in [2.24, 2.45) is 5.92 Å². The smallest absolute Gasteiger partial charge is 0.388 e. The van der Waals surface area contributed by atoms with Crippen molar-refractivity contribution in [2.75, 3.05) is 24.7 Å². The molecule has 9 N–H and O–H groups in total. The lowest BCUT2D eigenvalue weighted by Crippen LogP contribution is -2.37. The second-order valence-electron chi connectivity index (χ2n) is 10.6. The summed E-state index contributed by atoms with van der Waals surface area (Å²) in [7, 11) is -9.94. The maximum atomic E-state index is 13.1. The molecule has 24 heteroatoms.